The molecule has 0 aromatic heterocycles. The fraction of sp³-hybridized carbons (Fsp3) is 0.125. The molecule has 176 valence electrons. The Bertz CT molecular complexity index is 1250. The molecule has 0 bridgehead atoms. The standard InChI is InChI=1S/C24H21ClN2O6S/c25-19-13-11-18(12-14-19)24(23(30)17-7-3-1-4-8-17)33-22(29)16-26-21(28)15-27-34(31,32)20-9-5-2-6-10-20/h1-14,24,27H,15-16H2,(H,26,28). The first-order valence-corrected chi connectivity index (χ1v) is 12.0. The van der Waals surface area contributed by atoms with Crippen molar-refractivity contribution in [2.75, 3.05) is 13.1 Å². The maximum Gasteiger partial charge on any atom is 0.326 e. The summed E-state index contributed by atoms with van der Waals surface area (Å²) in [5, 5.41) is 2.73. The summed E-state index contributed by atoms with van der Waals surface area (Å²) in [6, 6.07) is 22.1. The van der Waals surface area contributed by atoms with E-state index in [1.54, 1.807) is 72.8 Å². The number of nitrogens with one attached hydrogen (secondary N) is 2. The molecular weight excluding hydrogens is 480 g/mol. The van der Waals surface area contributed by atoms with Gasteiger partial charge in [-0.2, -0.15) is 0 Å². The minimum atomic E-state index is -3.88. The number of amides is 1. The summed E-state index contributed by atoms with van der Waals surface area (Å²) in [6.07, 6.45) is -1.25. The number of halogens is 1. The highest BCUT2D eigenvalue weighted by Crippen LogP contribution is 2.24. The second-order valence-corrected chi connectivity index (χ2v) is 9.27. The molecule has 0 heterocycles. The molecule has 0 saturated heterocycles. The second-order valence-electron chi connectivity index (χ2n) is 7.07. The quantitative estimate of drug-likeness (QED) is 0.326. The third-order valence-corrected chi connectivity index (χ3v) is 6.29. The van der Waals surface area contributed by atoms with Crippen LogP contribution in [0.2, 0.25) is 5.02 Å². The smallest absolute Gasteiger partial charge is 0.326 e. The second kappa shape index (κ2) is 11.6. The zero-order valence-electron chi connectivity index (χ0n) is 17.8. The predicted octanol–water partition coefficient (Wildman–Crippen LogP) is 2.90. The third kappa shape index (κ3) is 6.98. The Morgan fingerprint density at radius 1 is 0.824 bits per heavy atom. The lowest BCUT2D eigenvalue weighted by Crippen LogP contribution is -2.39. The van der Waals surface area contributed by atoms with E-state index in [4.69, 9.17) is 16.3 Å². The number of hydrogen-bond donors (Lipinski definition) is 2. The van der Waals surface area contributed by atoms with Crippen LogP contribution >= 0.6 is 11.6 Å². The van der Waals surface area contributed by atoms with Gasteiger partial charge >= 0.3 is 5.97 Å². The monoisotopic (exact) mass is 500 g/mol. The average Bonchev–Trinajstić information content (AvgIpc) is 2.86. The van der Waals surface area contributed by atoms with Crippen molar-refractivity contribution in [3.8, 4) is 0 Å². The summed E-state index contributed by atoms with van der Waals surface area (Å²) in [7, 11) is -3.88. The number of benzene rings is 3. The number of Topliss-reactive ketones (excluding diaryl/α,β-unsaturated/α-hetero) is 1. The molecule has 1 unspecified atom stereocenters. The van der Waals surface area contributed by atoms with E-state index in [9.17, 15) is 22.8 Å². The number of rotatable bonds is 10. The molecule has 0 radical (unpaired) electrons. The van der Waals surface area contributed by atoms with Crippen LogP contribution in [0.1, 0.15) is 22.0 Å². The summed E-state index contributed by atoms with van der Waals surface area (Å²) in [5.41, 5.74) is 0.753. The van der Waals surface area contributed by atoms with Crippen molar-refractivity contribution in [2.24, 2.45) is 0 Å². The van der Waals surface area contributed by atoms with Gasteiger partial charge in [0, 0.05) is 16.1 Å². The molecule has 10 heteroatoms. The van der Waals surface area contributed by atoms with Crippen LogP contribution in [-0.2, 0) is 24.3 Å². The molecule has 0 spiro atoms. The largest absolute Gasteiger partial charge is 0.448 e. The summed E-state index contributed by atoms with van der Waals surface area (Å²) in [5.74, 6) is -2.06. The first-order valence-electron chi connectivity index (χ1n) is 10.1. The Kier molecular flexibility index (Phi) is 8.53. The molecule has 3 aromatic rings. The van der Waals surface area contributed by atoms with Crippen LogP contribution < -0.4 is 10.0 Å². The lowest BCUT2D eigenvalue weighted by atomic mass is 10.00. The Morgan fingerprint density at radius 3 is 2.03 bits per heavy atom. The third-order valence-electron chi connectivity index (χ3n) is 4.62. The molecule has 0 aliphatic rings. The van der Waals surface area contributed by atoms with Gasteiger partial charge in [-0.25, -0.2) is 13.1 Å². The lowest BCUT2D eigenvalue weighted by Gasteiger charge is -2.18. The molecule has 0 fully saturated rings. The molecule has 0 aliphatic carbocycles. The van der Waals surface area contributed by atoms with Gasteiger partial charge in [-0.15, -0.1) is 0 Å². The zero-order valence-corrected chi connectivity index (χ0v) is 19.4. The molecule has 1 atom stereocenters. The van der Waals surface area contributed by atoms with Crippen LogP contribution in [0.25, 0.3) is 0 Å². The normalized spacial score (nSPS) is 11.9. The van der Waals surface area contributed by atoms with Gasteiger partial charge in [0.2, 0.25) is 21.7 Å². The Hall–Kier alpha value is -3.53. The van der Waals surface area contributed by atoms with Gasteiger partial charge < -0.3 is 10.1 Å². The zero-order chi connectivity index (χ0) is 24.6. The Balaban J connectivity index is 1.60. The van der Waals surface area contributed by atoms with Gasteiger partial charge in [0.25, 0.3) is 0 Å². The number of carbonyl (C=O) groups excluding carboxylic acids is 3. The SMILES string of the molecule is O=C(CNS(=O)(=O)c1ccccc1)NCC(=O)OC(C(=O)c1ccccc1)c1ccc(Cl)cc1. The number of ketones is 1. The van der Waals surface area contributed by atoms with E-state index < -0.39 is 46.9 Å². The first kappa shape index (κ1) is 25.1. The van der Waals surface area contributed by atoms with Gasteiger partial charge in [-0.3, -0.25) is 14.4 Å². The molecular formula is C24H21ClN2O6S. The van der Waals surface area contributed by atoms with Gasteiger partial charge in [0.05, 0.1) is 11.4 Å². The van der Waals surface area contributed by atoms with Crippen LogP contribution in [0.5, 0.6) is 0 Å². The minimum Gasteiger partial charge on any atom is -0.448 e. The summed E-state index contributed by atoms with van der Waals surface area (Å²) < 4.78 is 31.9. The molecule has 3 rings (SSSR count). The summed E-state index contributed by atoms with van der Waals surface area (Å²) in [4.78, 5) is 37.4. The van der Waals surface area contributed by atoms with Crippen LogP contribution in [0.3, 0.4) is 0 Å². The van der Waals surface area contributed by atoms with Gasteiger partial charge in [-0.1, -0.05) is 72.3 Å². The summed E-state index contributed by atoms with van der Waals surface area (Å²) >= 11 is 5.92. The van der Waals surface area contributed by atoms with E-state index in [-0.39, 0.29) is 4.90 Å². The van der Waals surface area contributed by atoms with Crippen molar-refractivity contribution >= 4 is 39.3 Å². The van der Waals surface area contributed by atoms with Crippen LogP contribution in [-0.4, -0.2) is 39.2 Å². The van der Waals surface area contributed by atoms with Crippen molar-refractivity contribution in [3.05, 3.63) is 101 Å². The molecule has 1 amide bonds. The van der Waals surface area contributed by atoms with Crippen LogP contribution in [0, 0.1) is 0 Å². The van der Waals surface area contributed by atoms with Crippen LogP contribution in [0.15, 0.2) is 89.8 Å². The number of carbonyl (C=O) groups is 3. The number of ether oxygens (including phenoxy) is 1. The lowest BCUT2D eigenvalue weighted by molar-refractivity contribution is -0.147. The molecule has 8 nitrogen and oxygen atoms in total. The Morgan fingerprint density at radius 2 is 1.41 bits per heavy atom. The van der Waals surface area contributed by atoms with Crippen LogP contribution in [0.4, 0.5) is 0 Å². The van der Waals surface area contributed by atoms with Crippen molar-refractivity contribution < 1.29 is 27.5 Å². The Labute approximate surface area is 201 Å². The van der Waals surface area contributed by atoms with Gasteiger partial charge in [0.15, 0.2) is 6.10 Å². The number of esters is 1. The van der Waals surface area contributed by atoms with E-state index in [0.717, 1.165) is 0 Å². The van der Waals surface area contributed by atoms with E-state index in [1.807, 2.05) is 0 Å². The van der Waals surface area contributed by atoms with Crippen molar-refractivity contribution in [3.63, 3.8) is 0 Å². The van der Waals surface area contributed by atoms with E-state index in [2.05, 4.69) is 10.0 Å². The highest BCUT2D eigenvalue weighted by molar-refractivity contribution is 7.89. The fourth-order valence-electron chi connectivity index (χ4n) is 2.91. The topological polar surface area (TPSA) is 119 Å². The van der Waals surface area contributed by atoms with Crippen molar-refractivity contribution in [2.45, 2.75) is 11.0 Å². The van der Waals surface area contributed by atoms with Crippen molar-refractivity contribution in [1.82, 2.24) is 10.0 Å². The number of sulfonamides is 1. The average molecular weight is 501 g/mol. The first-order chi connectivity index (χ1) is 16.3. The van der Waals surface area contributed by atoms with Crippen molar-refractivity contribution in [1.29, 1.82) is 0 Å². The molecule has 2 N–H and O–H groups in total. The minimum absolute atomic E-state index is 0.00689. The maximum absolute atomic E-state index is 13.0. The summed E-state index contributed by atoms with van der Waals surface area (Å²) in [6.45, 7) is -1.13. The van der Waals surface area contributed by atoms with E-state index in [1.165, 1.54) is 12.1 Å². The van der Waals surface area contributed by atoms with E-state index >= 15 is 0 Å². The maximum atomic E-state index is 13.0. The molecule has 0 saturated carbocycles. The molecule has 0 aliphatic heterocycles. The molecule has 3 aromatic carbocycles. The molecule has 34 heavy (non-hydrogen) atoms. The van der Waals surface area contributed by atoms with Gasteiger partial charge in [-0.05, 0) is 24.3 Å². The fourth-order valence-corrected chi connectivity index (χ4v) is 4.04. The van der Waals surface area contributed by atoms with Gasteiger partial charge in [0.1, 0.15) is 6.54 Å². The highest BCUT2D eigenvalue weighted by Gasteiger charge is 2.26. The van der Waals surface area contributed by atoms with E-state index in [0.29, 0.717) is 16.1 Å². The highest BCUT2D eigenvalue weighted by atomic mass is 35.5. The predicted molar refractivity (Wildman–Crippen MR) is 126 cm³/mol. The number of hydrogen-bond acceptors (Lipinski definition) is 6.